The van der Waals surface area contributed by atoms with Gasteiger partial charge in [0.1, 0.15) is 6.29 Å². The Morgan fingerprint density at radius 3 is 2.00 bits per heavy atom. The fraction of sp³-hybridized carbons (Fsp3) is 0.923. The number of rotatable bonds is 3. The van der Waals surface area contributed by atoms with Gasteiger partial charge in [-0.3, -0.25) is 0 Å². The van der Waals surface area contributed by atoms with E-state index in [4.69, 9.17) is 0 Å². The molecule has 4 saturated carbocycles. The van der Waals surface area contributed by atoms with E-state index in [9.17, 15) is 4.79 Å². The van der Waals surface area contributed by atoms with Gasteiger partial charge in [-0.25, -0.2) is 0 Å². The van der Waals surface area contributed by atoms with Crippen LogP contribution in [0.15, 0.2) is 0 Å². The van der Waals surface area contributed by atoms with Crippen molar-refractivity contribution in [2.24, 2.45) is 17.8 Å². The molecule has 0 aliphatic heterocycles. The van der Waals surface area contributed by atoms with E-state index in [1.54, 1.807) is 0 Å². The van der Waals surface area contributed by atoms with Crippen LogP contribution in [0.1, 0.15) is 45.4 Å². The molecule has 0 saturated heterocycles. The first-order chi connectivity index (χ1) is 7.19. The van der Waals surface area contributed by atoms with Crippen molar-refractivity contribution in [3.63, 3.8) is 0 Å². The summed E-state index contributed by atoms with van der Waals surface area (Å²) in [6, 6.07) is 0.0428. The molecule has 0 heterocycles. The van der Waals surface area contributed by atoms with E-state index in [0.29, 0.717) is 5.54 Å². The second-order valence-electron chi connectivity index (χ2n) is 6.27. The Hall–Kier alpha value is -0.370. The van der Waals surface area contributed by atoms with Crippen LogP contribution < -0.4 is 5.32 Å². The highest BCUT2D eigenvalue weighted by molar-refractivity contribution is 5.56. The molecule has 2 nitrogen and oxygen atoms in total. The zero-order valence-corrected chi connectivity index (χ0v) is 9.54. The molecule has 0 spiro atoms. The first-order valence-electron chi connectivity index (χ1n) is 6.42. The molecule has 0 radical (unpaired) electrons. The van der Waals surface area contributed by atoms with Crippen molar-refractivity contribution in [2.45, 2.75) is 57.0 Å². The van der Waals surface area contributed by atoms with Crippen LogP contribution in [0.5, 0.6) is 0 Å². The van der Waals surface area contributed by atoms with Crippen molar-refractivity contribution >= 4 is 6.29 Å². The summed E-state index contributed by atoms with van der Waals surface area (Å²) in [7, 11) is 0. The second kappa shape index (κ2) is 3.31. The second-order valence-corrected chi connectivity index (χ2v) is 6.27. The summed E-state index contributed by atoms with van der Waals surface area (Å²) >= 11 is 0. The smallest absolute Gasteiger partial charge is 0.136 e. The molecule has 15 heavy (non-hydrogen) atoms. The summed E-state index contributed by atoms with van der Waals surface area (Å²) in [6.07, 6.45) is 9.45. The maximum absolute atomic E-state index is 10.8. The van der Waals surface area contributed by atoms with Crippen molar-refractivity contribution in [2.75, 3.05) is 0 Å². The Morgan fingerprint density at radius 2 is 1.60 bits per heavy atom. The summed E-state index contributed by atoms with van der Waals surface area (Å²) in [5.41, 5.74) is 0.342. The predicted octanol–water partition coefficient (Wildman–Crippen LogP) is 2.13. The van der Waals surface area contributed by atoms with Gasteiger partial charge in [-0.15, -0.1) is 0 Å². The fourth-order valence-electron chi connectivity index (χ4n) is 4.80. The average molecular weight is 207 g/mol. The number of aldehydes is 1. The van der Waals surface area contributed by atoms with E-state index >= 15 is 0 Å². The molecule has 4 bridgehead atoms. The highest BCUT2D eigenvalue weighted by atomic mass is 16.1. The fourth-order valence-corrected chi connectivity index (χ4v) is 4.80. The molecule has 2 heteroatoms. The van der Waals surface area contributed by atoms with Gasteiger partial charge >= 0.3 is 0 Å². The molecule has 4 aliphatic rings. The lowest BCUT2D eigenvalue weighted by atomic mass is 9.53. The van der Waals surface area contributed by atoms with Crippen LogP contribution in [0.2, 0.25) is 0 Å². The van der Waals surface area contributed by atoms with Crippen molar-refractivity contribution in [3.05, 3.63) is 0 Å². The Balaban J connectivity index is 1.78. The van der Waals surface area contributed by atoms with Crippen LogP contribution in [-0.4, -0.2) is 17.9 Å². The molecule has 4 fully saturated rings. The van der Waals surface area contributed by atoms with E-state index in [2.05, 4.69) is 5.32 Å². The van der Waals surface area contributed by atoms with Gasteiger partial charge in [0.2, 0.25) is 0 Å². The summed E-state index contributed by atoms with van der Waals surface area (Å²) in [5.74, 6) is 2.88. The zero-order valence-electron chi connectivity index (χ0n) is 9.54. The van der Waals surface area contributed by atoms with Crippen molar-refractivity contribution in [1.29, 1.82) is 0 Å². The number of hydrogen-bond donors (Lipinski definition) is 1. The van der Waals surface area contributed by atoms with Gasteiger partial charge in [0.05, 0.1) is 6.04 Å². The van der Waals surface area contributed by atoms with E-state index < -0.39 is 0 Å². The molecule has 84 valence electrons. The van der Waals surface area contributed by atoms with Crippen LogP contribution in [0.4, 0.5) is 0 Å². The standard InChI is InChI=1S/C13H21NO/c1-9(8-15)14-13-5-10-2-11(6-13)4-12(3-10)7-13/h8-12,14H,2-7H2,1H3. The number of hydrogen-bond acceptors (Lipinski definition) is 2. The van der Waals surface area contributed by atoms with Crippen LogP contribution in [-0.2, 0) is 4.79 Å². The minimum atomic E-state index is 0.0428. The van der Waals surface area contributed by atoms with E-state index in [1.807, 2.05) is 6.92 Å². The molecular weight excluding hydrogens is 186 g/mol. The lowest BCUT2D eigenvalue weighted by Gasteiger charge is -2.57. The Bertz CT molecular complexity index is 238. The lowest BCUT2D eigenvalue weighted by Crippen LogP contribution is -2.60. The Kier molecular flexibility index (Phi) is 2.17. The third kappa shape index (κ3) is 1.63. The molecule has 4 rings (SSSR count). The average Bonchev–Trinajstić information content (AvgIpc) is 2.14. The maximum atomic E-state index is 10.8. The van der Waals surface area contributed by atoms with Gasteiger partial charge < -0.3 is 10.1 Å². The van der Waals surface area contributed by atoms with Crippen molar-refractivity contribution < 1.29 is 4.79 Å². The van der Waals surface area contributed by atoms with E-state index in [-0.39, 0.29) is 6.04 Å². The highest BCUT2D eigenvalue weighted by Crippen LogP contribution is 2.55. The molecule has 0 aromatic rings. The first-order valence-corrected chi connectivity index (χ1v) is 6.42. The molecule has 0 aromatic heterocycles. The number of carbonyl (C=O) groups is 1. The van der Waals surface area contributed by atoms with Gasteiger partial charge in [-0.1, -0.05) is 0 Å². The topological polar surface area (TPSA) is 29.1 Å². The predicted molar refractivity (Wildman–Crippen MR) is 59.6 cm³/mol. The molecular formula is C13H21NO. The largest absolute Gasteiger partial charge is 0.302 e. The van der Waals surface area contributed by atoms with Crippen molar-refractivity contribution in [3.8, 4) is 0 Å². The molecule has 0 aromatic carbocycles. The third-order valence-electron chi connectivity index (χ3n) is 4.78. The highest BCUT2D eigenvalue weighted by Gasteiger charge is 2.50. The zero-order chi connectivity index (χ0) is 10.5. The maximum Gasteiger partial charge on any atom is 0.136 e. The summed E-state index contributed by atoms with van der Waals surface area (Å²) in [6.45, 7) is 1.99. The lowest BCUT2D eigenvalue weighted by molar-refractivity contribution is -0.111. The van der Waals surface area contributed by atoms with Gasteiger partial charge in [-0.05, 0) is 63.2 Å². The summed E-state index contributed by atoms with van der Waals surface area (Å²) < 4.78 is 0. The summed E-state index contributed by atoms with van der Waals surface area (Å²) in [4.78, 5) is 10.8. The molecule has 1 N–H and O–H groups in total. The van der Waals surface area contributed by atoms with Gasteiger partial charge in [0.25, 0.3) is 0 Å². The normalized spacial score (nSPS) is 49.3. The van der Waals surface area contributed by atoms with Crippen LogP contribution in [0.25, 0.3) is 0 Å². The van der Waals surface area contributed by atoms with Crippen LogP contribution >= 0.6 is 0 Å². The van der Waals surface area contributed by atoms with Gasteiger partial charge in [0.15, 0.2) is 0 Å². The van der Waals surface area contributed by atoms with Gasteiger partial charge in [-0.2, -0.15) is 0 Å². The number of carbonyl (C=O) groups excluding carboxylic acids is 1. The summed E-state index contributed by atoms with van der Waals surface area (Å²) in [5, 5.41) is 3.61. The molecule has 1 atom stereocenters. The van der Waals surface area contributed by atoms with E-state index in [0.717, 1.165) is 24.0 Å². The molecule has 1 unspecified atom stereocenters. The van der Waals surface area contributed by atoms with Crippen LogP contribution in [0.3, 0.4) is 0 Å². The van der Waals surface area contributed by atoms with E-state index in [1.165, 1.54) is 38.5 Å². The minimum Gasteiger partial charge on any atom is -0.302 e. The third-order valence-corrected chi connectivity index (χ3v) is 4.78. The molecule has 0 amide bonds. The van der Waals surface area contributed by atoms with Gasteiger partial charge in [0, 0.05) is 5.54 Å². The Morgan fingerprint density at radius 1 is 1.13 bits per heavy atom. The van der Waals surface area contributed by atoms with Crippen LogP contribution in [0, 0.1) is 17.8 Å². The van der Waals surface area contributed by atoms with Crippen molar-refractivity contribution in [1.82, 2.24) is 5.32 Å². The first kappa shape index (κ1) is 9.83. The number of nitrogens with one attached hydrogen (secondary N) is 1. The quantitative estimate of drug-likeness (QED) is 0.718. The SMILES string of the molecule is CC(C=O)NC12CC3CC(CC(C3)C1)C2. The Labute approximate surface area is 91.8 Å². The minimum absolute atomic E-state index is 0.0428. The molecule has 4 aliphatic carbocycles. The monoisotopic (exact) mass is 207 g/mol.